The molecule has 1 unspecified atom stereocenters. The van der Waals surface area contributed by atoms with Crippen LogP contribution in [-0.4, -0.2) is 38.0 Å². The van der Waals surface area contributed by atoms with E-state index in [1.807, 2.05) is 44.2 Å². The van der Waals surface area contributed by atoms with Crippen LogP contribution in [0.2, 0.25) is 10.0 Å². The number of hydrogen-bond donors (Lipinski definition) is 3. The molecule has 0 saturated carbocycles. The van der Waals surface area contributed by atoms with Crippen molar-refractivity contribution in [2.24, 2.45) is 0 Å². The van der Waals surface area contributed by atoms with Gasteiger partial charge in [0.1, 0.15) is 0 Å². The van der Waals surface area contributed by atoms with Gasteiger partial charge in [-0.2, -0.15) is 0 Å². The highest BCUT2D eigenvalue weighted by atomic mass is 35.5. The molecule has 0 aliphatic rings. The van der Waals surface area contributed by atoms with Crippen molar-refractivity contribution < 1.29 is 14.5 Å². The number of benzene rings is 2. The van der Waals surface area contributed by atoms with Crippen LogP contribution in [-0.2, 0) is 16.0 Å². The first-order valence-electron chi connectivity index (χ1n) is 9.28. The second kappa shape index (κ2) is 11.1. The molecule has 2 aromatic carbocycles. The Morgan fingerprint density at radius 2 is 1.61 bits per heavy atom. The summed E-state index contributed by atoms with van der Waals surface area (Å²) in [6, 6.07) is 12.9. The third-order valence-corrected chi connectivity index (χ3v) is 4.93. The van der Waals surface area contributed by atoms with Crippen LogP contribution in [0.15, 0.2) is 42.5 Å². The summed E-state index contributed by atoms with van der Waals surface area (Å²) in [4.78, 5) is 25.4. The maximum atomic E-state index is 12.3. The van der Waals surface area contributed by atoms with Gasteiger partial charge in [-0.3, -0.25) is 9.59 Å². The lowest BCUT2D eigenvalue weighted by Crippen LogP contribution is -3.14. The number of amides is 2. The zero-order valence-electron chi connectivity index (χ0n) is 16.1. The summed E-state index contributed by atoms with van der Waals surface area (Å²) in [5.41, 5.74) is 2.75. The minimum Gasteiger partial charge on any atom is -0.351 e. The number of rotatable bonds is 9. The van der Waals surface area contributed by atoms with Gasteiger partial charge >= 0.3 is 0 Å². The fraction of sp³-hybridized carbons (Fsp3) is 0.333. The monoisotopic (exact) mass is 422 g/mol. The molecular formula is C21H26Cl2N3O2+. The van der Waals surface area contributed by atoms with Crippen molar-refractivity contribution in [2.75, 3.05) is 31.5 Å². The lowest BCUT2D eigenvalue weighted by Gasteiger charge is -2.17. The quantitative estimate of drug-likeness (QED) is 0.581. The van der Waals surface area contributed by atoms with E-state index in [-0.39, 0.29) is 24.9 Å². The first-order chi connectivity index (χ1) is 13.4. The molecule has 1 atom stereocenters. The smallest absolute Gasteiger partial charge is 0.279 e. The Kier molecular flexibility index (Phi) is 8.77. The maximum Gasteiger partial charge on any atom is 0.279 e. The molecule has 0 aliphatic heterocycles. The fourth-order valence-corrected chi connectivity index (χ4v) is 3.05. The molecular weight excluding hydrogens is 397 g/mol. The number of likely N-dealkylation sites (N-methyl/N-ethyl adjacent to an activating group) is 1. The molecule has 0 bridgehead atoms. The first kappa shape index (κ1) is 22.2. The molecule has 0 fully saturated rings. The van der Waals surface area contributed by atoms with Crippen molar-refractivity contribution in [3.63, 3.8) is 0 Å². The Hall–Kier alpha value is -2.08. The van der Waals surface area contributed by atoms with Crippen LogP contribution >= 0.6 is 23.2 Å². The average molecular weight is 423 g/mol. The number of carbonyl (C=O) groups excluding carboxylic acids is 2. The predicted molar refractivity (Wildman–Crippen MR) is 114 cm³/mol. The summed E-state index contributed by atoms with van der Waals surface area (Å²) in [6.45, 7) is 5.54. The number of halogens is 2. The summed E-state index contributed by atoms with van der Waals surface area (Å²) in [5, 5.41) is 7.05. The first-order valence-corrected chi connectivity index (χ1v) is 10.0. The summed E-state index contributed by atoms with van der Waals surface area (Å²) in [6.07, 6.45) is 0.735. The minimum atomic E-state index is -0.142. The number of hydrogen-bond acceptors (Lipinski definition) is 2. The molecule has 28 heavy (non-hydrogen) atoms. The van der Waals surface area contributed by atoms with Crippen molar-refractivity contribution in [3.8, 4) is 0 Å². The summed E-state index contributed by atoms with van der Waals surface area (Å²) in [7, 11) is 0. The Morgan fingerprint density at radius 3 is 2.29 bits per heavy atom. The highest BCUT2D eigenvalue weighted by molar-refractivity contribution is 6.31. The van der Waals surface area contributed by atoms with Crippen LogP contribution in [0.3, 0.4) is 0 Å². The van der Waals surface area contributed by atoms with E-state index in [0.717, 1.165) is 22.4 Å². The normalized spacial score (nSPS) is 11.7. The van der Waals surface area contributed by atoms with E-state index in [0.29, 0.717) is 28.8 Å². The standard InChI is InChI=1S/C21H25Cl2N3O2/c1-3-26(14-21(28)25-19-12-18(23)7-4-15(19)2)13-20(27)24-11-10-16-5-8-17(22)9-6-16/h4-9,12H,3,10-11,13-14H2,1-2H3,(H,24,27)(H,25,28)/p+1. The van der Waals surface area contributed by atoms with Crippen molar-refractivity contribution in [3.05, 3.63) is 63.6 Å². The molecule has 2 aromatic rings. The van der Waals surface area contributed by atoms with Gasteiger partial charge in [0.15, 0.2) is 13.1 Å². The zero-order valence-corrected chi connectivity index (χ0v) is 17.7. The second-order valence-corrected chi connectivity index (χ2v) is 7.56. The van der Waals surface area contributed by atoms with Gasteiger partial charge in [-0.05, 0) is 55.7 Å². The molecule has 7 heteroatoms. The third-order valence-electron chi connectivity index (χ3n) is 4.44. The topological polar surface area (TPSA) is 62.6 Å². The SMILES string of the molecule is CC[NH+](CC(=O)NCCc1ccc(Cl)cc1)CC(=O)Nc1cc(Cl)ccc1C. The number of quaternary nitrogens is 1. The molecule has 0 aliphatic carbocycles. The van der Waals surface area contributed by atoms with Gasteiger partial charge in [-0.25, -0.2) is 0 Å². The van der Waals surface area contributed by atoms with Crippen LogP contribution in [0.4, 0.5) is 5.69 Å². The summed E-state index contributed by atoms with van der Waals surface area (Å²) >= 11 is 11.9. The molecule has 0 saturated heterocycles. The van der Waals surface area contributed by atoms with Crippen LogP contribution in [0, 0.1) is 6.92 Å². The third kappa shape index (κ3) is 7.50. The lowest BCUT2D eigenvalue weighted by atomic mass is 10.1. The second-order valence-electron chi connectivity index (χ2n) is 6.69. The van der Waals surface area contributed by atoms with E-state index in [1.165, 1.54) is 0 Å². The van der Waals surface area contributed by atoms with Gasteiger partial charge < -0.3 is 15.5 Å². The van der Waals surface area contributed by atoms with E-state index < -0.39 is 0 Å². The van der Waals surface area contributed by atoms with Crippen molar-refractivity contribution in [1.82, 2.24) is 5.32 Å². The summed E-state index contributed by atoms with van der Waals surface area (Å²) in [5.74, 6) is -0.214. The molecule has 0 heterocycles. The molecule has 2 amide bonds. The van der Waals surface area contributed by atoms with Crippen molar-refractivity contribution in [1.29, 1.82) is 0 Å². The van der Waals surface area contributed by atoms with E-state index in [9.17, 15) is 9.59 Å². The van der Waals surface area contributed by atoms with Crippen LogP contribution < -0.4 is 15.5 Å². The number of anilines is 1. The molecule has 150 valence electrons. The largest absolute Gasteiger partial charge is 0.351 e. The van der Waals surface area contributed by atoms with Gasteiger partial charge in [-0.15, -0.1) is 0 Å². The Morgan fingerprint density at radius 1 is 0.964 bits per heavy atom. The van der Waals surface area contributed by atoms with E-state index in [1.54, 1.807) is 12.1 Å². The van der Waals surface area contributed by atoms with Gasteiger partial charge in [-0.1, -0.05) is 41.4 Å². The van der Waals surface area contributed by atoms with Crippen LogP contribution in [0.5, 0.6) is 0 Å². The molecule has 0 spiro atoms. The average Bonchev–Trinajstić information content (AvgIpc) is 2.65. The Bertz CT molecular complexity index is 810. The van der Waals surface area contributed by atoms with Crippen LogP contribution in [0.25, 0.3) is 0 Å². The van der Waals surface area contributed by atoms with Crippen LogP contribution in [0.1, 0.15) is 18.1 Å². The number of nitrogens with one attached hydrogen (secondary N) is 3. The van der Waals surface area contributed by atoms with E-state index in [2.05, 4.69) is 10.6 Å². The molecule has 3 N–H and O–H groups in total. The van der Waals surface area contributed by atoms with Crippen molar-refractivity contribution >= 4 is 40.7 Å². The van der Waals surface area contributed by atoms with E-state index >= 15 is 0 Å². The van der Waals surface area contributed by atoms with Gasteiger partial charge in [0, 0.05) is 22.3 Å². The fourth-order valence-electron chi connectivity index (χ4n) is 2.75. The molecule has 2 rings (SSSR count). The molecule has 5 nitrogen and oxygen atoms in total. The molecule has 0 aromatic heterocycles. The number of carbonyl (C=O) groups is 2. The Labute approximate surface area is 176 Å². The lowest BCUT2D eigenvalue weighted by molar-refractivity contribution is -0.881. The number of aryl methyl sites for hydroxylation is 1. The molecule has 0 radical (unpaired) electrons. The Balaban J connectivity index is 1.77. The highest BCUT2D eigenvalue weighted by Crippen LogP contribution is 2.19. The minimum absolute atomic E-state index is 0.0717. The van der Waals surface area contributed by atoms with Gasteiger partial charge in [0.25, 0.3) is 11.8 Å². The van der Waals surface area contributed by atoms with Gasteiger partial charge in [0.05, 0.1) is 6.54 Å². The van der Waals surface area contributed by atoms with E-state index in [4.69, 9.17) is 23.2 Å². The zero-order chi connectivity index (χ0) is 20.5. The predicted octanol–water partition coefficient (Wildman–Crippen LogP) is 2.50. The van der Waals surface area contributed by atoms with Gasteiger partial charge in [0.2, 0.25) is 0 Å². The highest BCUT2D eigenvalue weighted by Gasteiger charge is 2.17. The maximum absolute atomic E-state index is 12.3. The summed E-state index contributed by atoms with van der Waals surface area (Å²) < 4.78 is 0. The van der Waals surface area contributed by atoms with Crippen molar-refractivity contribution in [2.45, 2.75) is 20.3 Å².